The predicted molar refractivity (Wildman–Crippen MR) is 55.9 cm³/mol. The molecule has 0 spiro atoms. The van der Waals surface area contributed by atoms with Crippen molar-refractivity contribution in [2.75, 3.05) is 5.32 Å². The summed E-state index contributed by atoms with van der Waals surface area (Å²) in [7, 11) is 0. The maximum atomic E-state index is 12.9. The van der Waals surface area contributed by atoms with Crippen LogP contribution in [-0.2, 0) is 4.79 Å². The van der Waals surface area contributed by atoms with Crippen LogP contribution in [0, 0.1) is 12.7 Å². The monoisotopic (exact) mass is 208 g/mol. The number of benzene rings is 1. The molecule has 1 fully saturated rings. The minimum absolute atomic E-state index is 0.187. The zero-order valence-electron chi connectivity index (χ0n) is 8.51. The van der Waals surface area contributed by atoms with Gasteiger partial charge in [-0.2, -0.15) is 0 Å². The molecule has 0 radical (unpaired) electrons. The van der Waals surface area contributed by atoms with Gasteiger partial charge >= 0.3 is 0 Å². The van der Waals surface area contributed by atoms with Gasteiger partial charge in [0.1, 0.15) is 5.82 Å². The molecule has 3 N–H and O–H groups in total. The van der Waals surface area contributed by atoms with Crippen molar-refractivity contribution in [3.8, 4) is 0 Å². The largest absolute Gasteiger partial charge is 0.324 e. The Hall–Kier alpha value is -1.42. The van der Waals surface area contributed by atoms with Crippen molar-refractivity contribution in [3.05, 3.63) is 29.6 Å². The number of aryl methyl sites for hydroxylation is 1. The van der Waals surface area contributed by atoms with E-state index in [1.165, 1.54) is 12.1 Å². The molecule has 0 aromatic heterocycles. The molecular formula is C11H13FN2O. The average molecular weight is 208 g/mol. The average Bonchev–Trinajstić information content (AvgIpc) is 2.92. The summed E-state index contributed by atoms with van der Waals surface area (Å²) < 4.78 is 12.9. The van der Waals surface area contributed by atoms with Gasteiger partial charge in [0.25, 0.3) is 0 Å². The van der Waals surface area contributed by atoms with E-state index in [4.69, 9.17) is 5.73 Å². The van der Waals surface area contributed by atoms with Gasteiger partial charge in [0.2, 0.25) is 5.91 Å². The van der Waals surface area contributed by atoms with Crippen LogP contribution in [0.15, 0.2) is 18.2 Å². The van der Waals surface area contributed by atoms with Crippen LogP contribution < -0.4 is 11.1 Å². The molecule has 0 heterocycles. The zero-order valence-corrected chi connectivity index (χ0v) is 8.51. The van der Waals surface area contributed by atoms with E-state index in [0.29, 0.717) is 11.3 Å². The van der Waals surface area contributed by atoms with Crippen LogP contribution in [-0.4, -0.2) is 11.4 Å². The third-order valence-corrected chi connectivity index (χ3v) is 2.66. The molecule has 2 rings (SSSR count). The summed E-state index contributed by atoms with van der Waals surface area (Å²) in [4.78, 5) is 11.6. The second-order valence-electron chi connectivity index (χ2n) is 4.07. The van der Waals surface area contributed by atoms with E-state index in [0.717, 1.165) is 12.8 Å². The lowest BCUT2D eigenvalue weighted by Gasteiger charge is -2.10. The van der Waals surface area contributed by atoms with E-state index in [2.05, 4.69) is 5.32 Å². The van der Waals surface area contributed by atoms with Gasteiger partial charge in [-0.05, 0) is 43.5 Å². The standard InChI is InChI=1S/C11H13FN2O/c1-7-6-8(2-3-9(7)12)14-10(15)11(13)4-5-11/h2-3,6H,4-5,13H2,1H3,(H,14,15). The lowest BCUT2D eigenvalue weighted by molar-refractivity contribution is -0.118. The molecule has 0 atom stereocenters. The highest BCUT2D eigenvalue weighted by Gasteiger charge is 2.45. The molecular weight excluding hydrogens is 195 g/mol. The van der Waals surface area contributed by atoms with E-state index in [1.807, 2.05) is 0 Å². The fourth-order valence-electron chi connectivity index (χ4n) is 1.34. The summed E-state index contributed by atoms with van der Waals surface area (Å²) >= 11 is 0. The van der Waals surface area contributed by atoms with E-state index in [1.54, 1.807) is 13.0 Å². The van der Waals surface area contributed by atoms with Gasteiger partial charge in [0, 0.05) is 5.69 Å². The maximum absolute atomic E-state index is 12.9. The first-order valence-corrected chi connectivity index (χ1v) is 4.88. The first-order valence-electron chi connectivity index (χ1n) is 4.88. The predicted octanol–water partition coefficient (Wildman–Crippen LogP) is 1.56. The molecule has 3 nitrogen and oxygen atoms in total. The topological polar surface area (TPSA) is 55.1 Å². The SMILES string of the molecule is Cc1cc(NC(=O)C2(N)CC2)ccc1F. The summed E-state index contributed by atoms with van der Waals surface area (Å²) in [5.74, 6) is -0.463. The Bertz CT molecular complexity index is 413. The van der Waals surface area contributed by atoms with Crippen LogP contribution >= 0.6 is 0 Å². The van der Waals surface area contributed by atoms with Gasteiger partial charge in [-0.15, -0.1) is 0 Å². The van der Waals surface area contributed by atoms with Crippen molar-refractivity contribution in [1.82, 2.24) is 0 Å². The van der Waals surface area contributed by atoms with Gasteiger partial charge in [-0.1, -0.05) is 0 Å². The third kappa shape index (κ3) is 1.99. The van der Waals surface area contributed by atoms with E-state index < -0.39 is 5.54 Å². The van der Waals surface area contributed by atoms with Crippen LogP contribution in [0.2, 0.25) is 0 Å². The number of carbonyl (C=O) groups is 1. The number of halogens is 1. The Morgan fingerprint density at radius 1 is 1.53 bits per heavy atom. The van der Waals surface area contributed by atoms with Crippen LogP contribution in [0.5, 0.6) is 0 Å². The fourth-order valence-corrected chi connectivity index (χ4v) is 1.34. The number of hydrogen-bond acceptors (Lipinski definition) is 2. The second-order valence-corrected chi connectivity index (χ2v) is 4.07. The number of rotatable bonds is 2. The Morgan fingerprint density at radius 3 is 2.73 bits per heavy atom. The third-order valence-electron chi connectivity index (χ3n) is 2.66. The van der Waals surface area contributed by atoms with Crippen LogP contribution in [0.3, 0.4) is 0 Å². The molecule has 4 heteroatoms. The molecule has 0 bridgehead atoms. The Labute approximate surface area is 87.5 Å². The van der Waals surface area contributed by atoms with E-state index in [-0.39, 0.29) is 11.7 Å². The Morgan fingerprint density at radius 2 is 2.20 bits per heavy atom. The highest BCUT2D eigenvalue weighted by atomic mass is 19.1. The van der Waals surface area contributed by atoms with Crippen molar-refractivity contribution in [2.45, 2.75) is 25.3 Å². The van der Waals surface area contributed by atoms with Gasteiger partial charge in [-0.3, -0.25) is 4.79 Å². The minimum atomic E-state index is -0.692. The highest BCUT2D eigenvalue weighted by Crippen LogP contribution is 2.33. The summed E-state index contributed by atoms with van der Waals surface area (Å²) in [6.07, 6.45) is 1.44. The highest BCUT2D eigenvalue weighted by molar-refractivity contribution is 6.00. The summed E-state index contributed by atoms with van der Waals surface area (Å²) in [6, 6.07) is 4.46. The molecule has 80 valence electrons. The van der Waals surface area contributed by atoms with Gasteiger partial charge < -0.3 is 11.1 Å². The first kappa shape index (κ1) is 10.1. The van der Waals surface area contributed by atoms with Crippen LogP contribution in [0.25, 0.3) is 0 Å². The number of anilines is 1. The number of amides is 1. The molecule has 15 heavy (non-hydrogen) atoms. The van der Waals surface area contributed by atoms with Crippen molar-refractivity contribution in [3.63, 3.8) is 0 Å². The molecule has 1 amide bonds. The van der Waals surface area contributed by atoms with Gasteiger partial charge in [0.05, 0.1) is 5.54 Å². The van der Waals surface area contributed by atoms with Crippen molar-refractivity contribution >= 4 is 11.6 Å². The zero-order chi connectivity index (χ0) is 11.1. The minimum Gasteiger partial charge on any atom is -0.324 e. The summed E-state index contributed by atoms with van der Waals surface area (Å²) in [5, 5.41) is 2.68. The molecule has 1 aliphatic carbocycles. The van der Waals surface area contributed by atoms with Crippen molar-refractivity contribution in [2.24, 2.45) is 5.73 Å². The number of carbonyl (C=O) groups excluding carboxylic acids is 1. The Balaban J connectivity index is 2.11. The van der Waals surface area contributed by atoms with Crippen LogP contribution in [0.1, 0.15) is 18.4 Å². The molecule has 0 saturated heterocycles. The molecule has 1 aliphatic rings. The van der Waals surface area contributed by atoms with E-state index >= 15 is 0 Å². The first-order chi connectivity index (χ1) is 7.01. The maximum Gasteiger partial charge on any atom is 0.244 e. The van der Waals surface area contributed by atoms with Gasteiger partial charge in [0.15, 0.2) is 0 Å². The molecule has 0 unspecified atom stereocenters. The lowest BCUT2D eigenvalue weighted by atomic mass is 10.2. The van der Waals surface area contributed by atoms with E-state index in [9.17, 15) is 9.18 Å². The molecule has 1 aromatic carbocycles. The quantitative estimate of drug-likeness (QED) is 0.775. The molecule has 0 aliphatic heterocycles. The van der Waals surface area contributed by atoms with Crippen molar-refractivity contribution in [1.29, 1.82) is 0 Å². The van der Waals surface area contributed by atoms with Crippen molar-refractivity contribution < 1.29 is 9.18 Å². The number of nitrogens with two attached hydrogens (primary N) is 1. The lowest BCUT2D eigenvalue weighted by Crippen LogP contribution is -2.37. The Kier molecular flexibility index (Phi) is 2.23. The summed E-state index contributed by atoms with van der Waals surface area (Å²) in [6.45, 7) is 1.65. The molecule has 1 saturated carbocycles. The van der Waals surface area contributed by atoms with Gasteiger partial charge in [-0.25, -0.2) is 4.39 Å². The number of hydrogen-bond donors (Lipinski definition) is 2. The fraction of sp³-hybridized carbons (Fsp3) is 0.364. The smallest absolute Gasteiger partial charge is 0.244 e. The number of nitrogens with one attached hydrogen (secondary N) is 1. The second kappa shape index (κ2) is 3.31. The van der Waals surface area contributed by atoms with Crippen LogP contribution in [0.4, 0.5) is 10.1 Å². The summed E-state index contributed by atoms with van der Waals surface area (Å²) in [5.41, 5.74) is 6.13. The molecule has 1 aromatic rings. The normalized spacial score (nSPS) is 17.3.